The first-order chi connectivity index (χ1) is 12.9. The predicted molar refractivity (Wildman–Crippen MR) is 104 cm³/mol. The first-order valence-electron chi connectivity index (χ1n) is 8.66. The number of nitrogens with zero attached hydrogens (tertiary/aromatic N) is 2. The highest BCUT2D eigenvalue weighted by molar-refractivity contribution is 6.30. The smallest absolute Gasteiger partial charge is 0.412 e. The molecule has 2 amide bonds. The van der Waals surface area contributed by atoms with Crippen LogP contribution in [0.2, 0.25) is 5.02 Å². The Morgan fingerprint density at radius 1 is 1.19 bits per heavy atom. The number of likely N-dealkylation sites (tertiary alicyclic amines) is 1. The van der Waals surface area contributed by atoms with Crippen molar-refractivity contribution in [2.75, 3.05) is 23.7 Å². The van der Waals surface area contributed by atoms with Crippen LogP contribution in [-0.2, 0) is 4.74 Å². The van der Waals surface area contributed by atoms with E-state index in [1.165, 1.54) is 6.20 Å². The summed E-state index contributed by atoms with van der Waals surface area (Å²) in [6.45, 7) is 5.63. The molecular weight excluding hydrogens is 368 g/mol. The van der Waals surface area contributed by atoms with Crippen LogP contribution in [0, 0.1) is 0 Å². The SMILES string of the molecule is CC(C)N1CC(OC(=O)Nc2ccccc2C(=O)Nc2ccc(Cl)cn2)C1. The number of hydrogen-bond donors (Lipinski definition) is 2. The Morgan fingerprint density at radius 2 is 1.93 bits per heavy atom. The predicted octanol–water partition coefficient (Wildman–Crippen LogP) is 3.63. The molecule has 1 saturated heterocycles. The largest absolute Gasteiger partial charge is 0.443 e. The van der Waals surface area contributed by atoms with E-state index in [2.05, 4.69) is 34.4 Å². The highest BCUT2D eigenvalue weighted by atomic mass is 35.5. The van der Waals surface area contributed by atoms with Gasteiger partial charge in [0.1, 0.15) is 11.9 Å². The molecule has 2 N–H and O–H groups in total. The second kappa shape index (κ2) is 8.37. The van der Waals surface area contributed by atoms with Crippen molar-refractivity contribution in [3.05, 3.63) is 53.2 Å². The Balaban J connectivity index is 1.61. The van der Waals surface area contributed by atoms with E-state index in [9.17, 15) is 9.59 Å². The third kappa shape index (κ3) is 4.96. The molecule has 142 valence electrons. The molecule has 2 aromatic rings. The molecule has 7 nitrogen and oxygen atoms in total. The maximum Gasteiger partial charge on any atom is 0.412 e. The van der Waals surface area contributed by atoms with Crippen LogP contribution in [0.3, 0.4) is 0 Å². The summed E-state index contributed by atoms with van der Waals surface area (Å²) in [5.74, 6) is -0.0274. The number of ether oxygens (including phenoxy) is 1. The third-order valence-electron chi connectivity index (χ3n) is 4.26. The van der Waals surface area contributed by atoms with E-state index >= 15 is 0 Å². The summed E-state index contributed by atoms with van der Waals surface area (Å²) in [6.07, 6.45) is 0.734. The molecule has 1 aromatic carbocycles. The molecule has 27 heavy (non-hydrogen) atoms. The van der Waals surface area contributed by atoms with Crippen LogP contribution >= 0.6 is 11.6 Å². The van der Waals surface area contributed by atoms with Crippen molar-refractivity contribution in [3.63, 3.8) is 0 Å². The zero-order valence-corrected chi connectivity index (χ0v) is 15.9. The molecule has 0 radical (unpaired) electrons. The van der Waals surface area contributed by atoms with Gasteiger partial charge in [0, 0.05) is 25.3 Å². The number of aromatic nitrogens is 1. The van der Waals surface area contributed by atoms with Crippen molar-refractivity contribution in [1.29, 1.82) is 0 Å². The van der Waals surface area contributed by atoms with Crippen LogP contribution in [-0.4, -0.2) is 47.1 Å². The van der Waals surface area contributed by atoms with Crippen molar-refractivity contribution < 1.29 is 14.3 Å². The minimum atomic E-state index is -0.576. The van der Waals surface area contributed by atoms with Gasteiger partial charge in [-0.25, -0.2) is 9.78 Å². The quantitative estimate of drug-likeness (QED) is 0.817. The van der Waals surface area contributed by atoms with Crippen molar-refractivity contribution in [2.24, 2.45) is 0 Å². The highest BCUT2D eigenvalue weighted by Crippen LogP contribution is 2.20. The van der Waals surface area contributed by atoms with Gasteiger partial charge in [0.15, 0.2) is 0 Å². The minimum Gasteiger partial charge on any atom is -0.443 e. The summed E-state index contributed by atoms with van der Waals surface area (Å²) in [5, 5.41) is 5.80. The zero-order chi connectivity index (χ0) is 19.4. The lowest BCUT2D eigenvalue weighted by Crippen LogP contribution is -2.55. The third-order valence-corrected chi connectivity index (χ3v) is 4.48. The molecule has 0 atom stereocenters. The van der Waals surface area contributed by atoms with E-state index in [4.69, 9.17) is 16.3 Å². The Labute approximate surface area is 162 Å². The zero-order valence-electron chi connectivity index (χ0n) is 15.1. The first-order valence-corrected chi connectivity index (χ1v) is 9.04. The molecule has 1 fully saturated rings. The van der Waals surface area contributed by atoms with Crippen LogP contribution in [0.25, 0.3) is 0 Å². The summed E-state index contributed by atoms with van der Waals surface area (Å²) < 4.78 is 5.39. The standard InChI is InChI=1S/C19H21ClN4O3/c1-12(2)24-10-14(11-24)27-19(26)22-16-6-4-3-5-15(16)18(25)23-17-8-7-13(20)9-21-17/h3-9,12,14H,10-11H2,1-2H3,(H,22,26)(H,21,23,25). The fraction of sp³-hybridized carbons (Fsp3) is 0.316. The first kappa shape index (κ1) is 19.1. The number of carbonyl (C=O) groups excluding carboxylic acids is 2. The lowest BCUT2D eigenvalue weighted by molar-refractivity contribution is -0.0234. The number of amides is 2. The summed E-state index contributed by atoms with van der Waals surface area (Å²) >= 11 is 5.79. The van der Waals surface area contributed by atoms with Gasteiger partial charge in [0.25, 0.3) is 5.91 Å². The van der Waals surface area contributed by atoms with E-state index in [0.717, 1.165) is 13.1 Å². The van der Waals surface area contributed by atoms with Crippen LogP contribution in [0.1, 0.15) is 24.2 Å². The van der Waals surface area contributed by atoms with Crippen LogP contribution < -0.4 is 10.6 Å². The van der Waals surface area contributed by atoms with E-state index < -0.39 is 12.0 Å². The van der Waals surface area contributed by atoms with Gasteiger partial charge in [0.2, 0.25) is 0 Å². The molecule has 1 aliphatic heterocycles. The maximum atomic E-state index is 12.5. The van der Waals surface area contributed by atoms with Gasteiger partial charge in [0.05, 0.1) is 16.3 Å². The van der Waals surface area contributed by atoms with Gasteiger partial charge < -0.3 is 10.1 Å². The second-order valence-corrected chi connectivity index (χ2v) is 7.00. The van der Waals surface area contributed by atoms with Crippen LogP contribution in [0.4, 0.5) is 16.3 Å². The van der Waals surface area contributed by atoms with E-state index in [-0.39, 0.29) is 6.10 Å². The Hall–Kier alpha value is -2.64. The van der Waals surface area contributed by atoms with Crippen molar-refractivity contribution in [2.45, 2.75) is 26.0 Å². The average molecular weight is 389 g/mol. The van der Waals surface area contributed by atoms with Gasteiger partial charge in [-0.3, -0.25) is 15.0 Å². The monoisotopic (exact) mass is 388 g/mol. The second-order valence-electron chi connectivity index (χ2n) is 6.56. The molecule has 2 heterocycles. The number of benzene rings is 1. The number of rotatable bonds is 5. The summed E-state index contributed by atoms with van der Waals surface area (Å²) in [6, 6.07) is 10.4. The molecule has 0 unspecified atom stereocenters. The molecule has 0 aliphatic carbocycles. The van der Waals surface area contributed by atoms with Gasteiger partial charge in [-0.15, -0.1) is 0 Å². The lowest BCUT2D eigenvalue weighted by atomic mass is 10.1. The number of carbonyl (C=O) groups is 2. The minimum absolute atomic E-state index is 0.133. The van der Waals surface area contributed by atoms with Gasteiger partial charge in [-0.1, -0.05) is 23.7 Å². The number of hydrogen-bond acceptors (Lipinski definition) is 5. The van der Waals surface area contributed by atoms with E-state index in [0.29, 0.717) is 28.1 Å². The molecule has 8 heteroatoms. The van der Waals surface area contributed by atoms with Gasteiger partial charge in [-0.05, 0) is 38.1 Å². The highest BCUT2D eigenvalue weighted by Gasteiger charge is 2.31. The number of para-hydroxylation sites is 1. The number of anilines is 2. The number of pyridine rings is 1. The van der Waals surface area contributed by atoms with Crippen molar-refractivity contribution in [1.82, 2.24) is 9.88 Å². The molecule has 0 saturated carbocycles. The molecule has 1 aliphatic rings. The Bertz CT molecular complexity index is 820. The normalized spacial score (nSPS) is 14.5. The van der Waals surface area contributed by atoms with Crippen molar-refractivity contribution >= 4 is 35.1 Å². The molecule has 0 bridgehead atoms. The van der Waals surface area contributed by atoms with Gasteiger partial charge in [-0.2, -0.15) is 0 Å². The van der Waals surface area contributed by atoms with E-state index in [1.807, 2.05) is 0 Å². The Morgan fingerprint density at radius 3 is 2.59 bits per heavy atom. The average Bonchev–Trinajstić information content (AvgIpc) is 2.60. The number of halogens is 1. The van der Waals surface area contributed by atoms with Crippen LogP contribution in [0.15, 0.2) is 42.6 Å². The van der Waals surface area contributed by atoms with E-state index in [1.54, 1.807) is 36.4 Å². The topological polar surface area (TPSA) is 83.6 Å². The van der Waals surface area contributed by atoms with Gasteiger partial charge >= 0.3 is 6.09 Å². The maximum absolute atomic E-state index is 12.5. The fourth-order valence-electron chi connectivity index (χ4n) is 2.68. The molecule has 1 aromatic heterocycles. The lowest BCUT2D eigenvalue weighted by Gasteiger charge is -2.40. The molecule has 3 rings (SSSR count). The summed E-state index contributed by atoms with van der Waals surface area (Å²) in [5.41, 5.74) is 0.678. The molecule has 0 spiro atoms. The summed E-state index contributed by atoms with van der Waals surface area (Å²) in [7, 11) is 0. The van der Waals surface area contributed by atoms with Crippen molar-refractivity contribution in [3.8, 4) is 0 Å². The Kier molecular flexibility index (Phi) is 5.93. The summed E-state index contributed by atoms with van der Waals surface area (Å²) in [4.78, 5) is 30.9. The van der Waals surface area contributed by atoms with Crippen LogP contribution in [0.5, 0.6) is 0 Å². The fourth-order valence-corrected chi connectivity index (χ4v) is 2.79. The number of nitrogens with one attached hydrogen (secondary N) is 2. The molecular formula is C19H21ClN4O3.